The zero-order chi connectivity index (χ0) is 13.8. The molecule has 0 saturated heterocycles. The third-order valence-electron chi connectivity index (χ3n) is 3.52. The number of hydrogen-bond acceptors (Lipinski definition) is 4. The third kappa shape index (κ3) is 3.42. The van der Waals surface area contributed by atoms with Crippen LogP contribution in [-0.4, -0.2) is 38.3 Å². The molecule has 0 radical (unpaired) electrons. The summed E-state index contributed by atoms with van der Waals surface area (Å²) in [6.45, 7) is 2.42. The number of benzene rings is 1. The lowest BCUT2D eigenvalue weighted by Gasteiger charge is -2.26. The molecule has 0 aromatic heterocycles. The van der Waals surface area contributed by atoms with Gasteiger partial charge in [-0.2, -0.15) is 0 Å². The number of fused-ring (bicyclic) bond motifs is 1. The van der Waals surface area contributed by atoms with Crippen molar-refractivity contribution in [2.75, 3.05) is 31.6 Å². The number of carbonyl (C=O) groups is 1. The van der Waals surface area contributed by atoms with Gasteiger partial charge in [-0.25, -0.2) is 0 Å². The first-order valence-corrected chi connectivity index (χ1v) is 7.18. The molecule has 0 spiro atoms. The molecule has 0 bridgehead atoms. The van der Waals surface area contributed by atoms with Crippen molar-refractivity contribution >= 4 is 11.6 Å². The highest BCUT2D eigenvalue weighted by Gasteiger charge is 2.25. The second-order valence-corrected chi connectivity index (χ2v) is 5.29. The molecule has 2 aliphatic rings. The molecule has 1 saturated carbocycles. The molecule has 1 aromatic rings. The van der Waals surface area contributed by atoms with Crippen molar-refractivity contribution in [3.8, 4) is 5.75 Å². The van der Waals surface area contributed by atoms with Gasteiger partial charge in [0.05, 0.1) is 18.8 Å². The predicted octanol–water partition coefficient (Wildman–Crippen LogP) is 1.40. The average molecular weight is 276 g/mol. The number of rotatable bonds is 6. The lowest BCUT2D eigenvalue weighted by atomic mass is 10.2. The van der Waals surface area contributed by atoms with E-state index in [1.807, 2.05) is 24.3 Å². The van der Waals surface area contributed by atoms with Crippen LogP contribution in [0.5, 0.6) is 5.75 Å². The van der Waals surface area contributed by atoms with E-state index in [0.717, 1.165) is 24.0 Å². The Morgan fingerprint density at radius 3 is 3.10 bits per heavy atom. The Morgan fingerprint density at radius 2 is 2.25 bits per heavy atom. The fourth-order valence-electron chi connectivity index (χ4n) is 2.15. The van der Waals surface area contributed by atoms with Crippen LogP contribution in [0.25, 0.3) is 0 Å². The van der Waals surface area contributed by atoms with Gasteiger partial charge in [0.15, 0.2) is 6.10 Å². The molecule has 1 amide bonds. The normalized spacial score (nSPS) is 20.5. The number of hydrogen-bond donors (Lipinski definition) is 2. The van der Waals surface area contributed by atoms with Gasteiger partial charge in [-0.1, -0.05) is 12.1 Å². The molecule has 1 atom stereocenters. The van der Waals surface area contributed by atoms with Gasteiger partial charge in [-0.3, -0.25) is 4.79 Å². The van der Waals surface area contributed by atoms with Gasteiger partial charge in [0.2, 0.25) is 0 Å². The smallest absolute Gasteiger partial charge is 0.263 e. The average Bonchev–Trinajstić information content (AvgIpc) is 3.30. The van der Waals surface area contributed by atoms with Crippen LogP contribution in [-0.2, 0) is 9.53 Å². The summed E-state index contributed by atoms with van der Waals surface area (Å²) in [5.74, 6) is 1.39. The molecule has 108 valence electrons. The molecule has 5 heteroatoms. The predicted molar refractivity (Wildman–Crippen MR) is 75.9 cm³/mol. The lowest BCUT2D eigenvalue weighted by molar-refractivity contribution is -0.127. The Kier molecular flexibility index (Phi) is 4.06. The number of carbonyl (C=O) groups excluding carboxylic acids is 1. The van der Waals surface area contributed by atoms with Crippen LogP contribution in [0.1, 0.15) is 12.8 Å². The lowest BCUT2D eigenvalue weighted by Crippen LogP contribution is -2.45. The van der Waals surface area contributed by atoms with E-state index in [2.05, 4.69) is 10.6 Å². The van der Waals surface area contributed by atoms with Crippen LogP contribution in [0.4, 0.5) is 5.69 Å². The van der Waals surface area contributed by atoms with Crippen molar-refractivity contribution in [2.24, 2.45) is 5.92 Å². The van der Waals surface area contributed by atoms with E-state index in [4.69, 9.17) is 9.47 Å². The van der Waals surface area contributed by atoms with Crippen molar-refractivity contribution in [1.29, 1.82) is 0 Å². The summed E-state index contributed by atoms with van der Waals surface area (Å²) in [5, 5.41) is 6.05. The maximum atomic E-state index is 12.0. The quantitative estimate of drug-likeness (QED) is 0.771. The SMILES string of the molecule is O=C(NCCOCC1CC1)C1CNc2ccccc2O1. The first-order chi connectivity index (χ1) is 9.83. The van der Waals surface area contributed by atoms with E-state index in [1.54, 1.807) is 0 Å². The van der Waals surface area contributed by atoms with Crippen molar-refractivity contribution < 1.29 is 14.3 Å². The van der Waals surface area contributed by atoms with Crippen LogP contribution in [0.15, 0.2) is 24.3 Å². The molecular weight excluding hydrogens is 256 g/mol. The van der Waals surface area contributed by atoms with Crippen molar-refractivity contribution in [3.05, 3.63) is 24.3 Å². The molecular formula is C15H20N2O3. The van der Waals surface area contributed by atoms with Crippen LogP contribution in [0, 0.1) is 5.92 Å². The summed E-state index contributed by atoms with van der Waals surface area (Å²) in [5.41, 5.74) is 0.935. The molecule has 1 aliphatic carbocycles. The standard InChI is InChI=1S/C15H20N2O3/c18-15(16-7-8-19-10-11-5-6-11)14-9-17-12-3-1-2-4-13(12)20-14/h1-4,11,14,17H,5-10H2,(H,16,18). The Hall–Kier alpha value is -1.75. The molecule has 20 heavy (non-hydrogen) atoms. The van der Waals surface area contributed by atoms with E-state index in [-0.39, 0.29) is 5.91 Å². The fraction of sp³-hybridized carbons (Fsp3) is 0.533. The molecule has 1 unspecified atom stereocenters. The Balaban J connectivity index is 1.39. The van der Waals surface area contributed by atoms with Crippen molar-refractivity contribution in [1.82, 2.24) is 5.32 Å². The molecule has 2 N–H and O–H groups in total. The Morgan fingerprint density at radius 1 is 1.40 bits per heavy atom. The second kappa shape index (κ2) is 6.13. The van der Waals surface area contributed by atoms with Crippen molar-refractivity contribution in [2.45, 2.75) is 18.9 Å². The van der Waals surface area contributed by atoms with Crippen LogP contribution < -0.4 is 15.4 Å². The second-order valence-electron chi connectivity index (χ2n) is 5.29. The number of amides is 1. The van der Waals surface area contributed by atoms with Crippen molar-refractivity contribution in [3.63, 3.8) is 0 Å². The van der Waals surface area contributed by atoms with E-state index in [0.29, 0.717) is 19.7 Å². The van der Waals surface area contributed by atoms with E-state index in [9.17, 15) is 4.79 Å². The number of nitrogens with one attached hydrogen (secondary N) is 2. The van der Waals surface area contributed by atoms with E-state index < -0.39 is 6.10 Å². The number of anilines is 1. The summed E-state index contributed by atoms with van der Waals surface area (Å²) in [6, 6.07) is 7.63. The minimum Gasteiger partial charge on any atom is -0.477 e. The number of ether oxygens (including phenoxy) is 2. The topological polar surface area (TPSA) is 59.6 Å². The Labute approximate surface area is 118 Å². The van der Waals surface area contributed by atoms with E-state index >= 15 is 0 Å². The maximum Gasteiger partial charge on any atom is 0.263 e. The monoisotopic (exact) mass is 276 g/mol. The summed E-state index contributed by atoms with van der Waals surface area (Å²) in [7, 11) is 0. The molecule has 5 nitrogen and oxygen atoms in total. The molecule has 1 heterocycles. The highest BCUT2D eigenvalue weighted by Crippen LogP contribution is 2.29. The largest absolute Gasteiger partial charge is 0.477 e. The van der Waals surface area contributed by atoms with Gasteiger partial charge in [0.1, 0.15) is 5.75 Å². The van der Waals surface area contributed by atoms with Gasteiger partial charge in [0, 0.05) is 13.2 Å². The fourth-order valence-corrected chi connectivity index (χ4v) is 2.15. The van der Waals surface area contributed by atoms with Gasteiger partial charge < -0.3 is 20.1 Å². The zero-order valence-electron chi connectivity index (χ0n) is 11.4. The third-order valence-corrected chi connectivity index (χ3v) is 3.52. The zero-order valence-corrected chi connectivity index (χ0v) is 11.4. The molecule has 1 fully saturated rings. The van der Waals surface area contributed by atoms with E-state index in [1.165, 1.54) is 12.8 Å². The summed E-state index contributed by atoms with van der Waals surface area (Å²) in [4.78, 5) is 12.0. The van der Waals surface area contributed by atoms with Crippen LogP contribution in [0.3, 0.4) is 0 Å². The molecule has 1 aliphatic heterocycles. The van der Waals surface area contributed by atoms with Crippen LogP contribution >= 0.6 is 0 Å². The molecule has 3 rings (SSSR count). The minimum atomic E-state index is -0.478. The highest BCUT2D eigenvalue weighted by molar-refractivity contribution is 5.83. The minimum absolute atomic E-state index is 0.0953. The van der Waals surface area contributed by atoms with Gasteiger partial charge >= 0.3 is 0 Å². The Bertz CT molecular complexity index is 474. The summed E-state index contributed by atoms with van der Waals surface area (Å²) < 4.78 is 11.2. The van der Waals surface area contributed by atoms with Gasteiger partial charge in [-0.15, -0.1) is 0 Å². The number of para-hydroxylation sites is 2. The highest BCUT2D eigenvalue weighted by atomic mass is 16.5. The van der Waals surface area contributed by atoms with Gasteiger partial charge in [-0.05, 0) is 30.9 Å². The van der Waals surface area contributed by atoms with Gasteiger partial charge in [0.25, 0.3) is 5.91 Å². The first-order valence-electron chi connectivity index (χ1n) is 7.18. The van der Waals surface area contributed by atoms with Crippen LogP contribution in [0.2, 0.25) is 0 Å². The summed E-state index contributed by atoms with van der Waals surface area (Å²) in [6.07, 6.45) is 2.09. The molecule has 1 aromatic carbocycles. The first kappa shape index (κ1) is 13.2. The maximum absolute atomic E-state index is 12.0. The summed E-state index contributed by atoms with van der Waals surface area (Å²) >= 11 is 0.